The van der Waals surface area contributed by atoms with Gasteiger partial charge in [0.2, 0.25) is 0 Å². The van der Waals surface area contributed by atoms with Crippen molar-refractivity contribution in [2.75, 3.05) is 25.0 Å². The summed E-state index contributed by atoms with van der Waals surface area (Å²) in [4.78, 5) is 2.55. The Bertz CT molecular complexity index is 388. The zero-order valence-corrected chi connectivity index (χ0v) is 12.0. The van der Waals surface area contributed by atoms with Crippen LogP contribution in [-0.4, -0.2) is 30.6 Å². The van der Waals surface area contributed by atoms with Crippen LogP contribution in [0.25, 0.3) is 0 Å². The maximum atomic E-state index is 13.5. The highest BCUT2D eigenvalue weighted by Gasteiger charge is 2.28. The number of hydrogen-bond acceptors (Lipinski definition) is 2. The summed E-state index contributed by atoms with van der Waals surface area (Å²) in [6.07, 6.45) is 3.91. The summed E-state index contributed by atoms with van der Waals surface area (Å²) in [6, 6.07) is 7.66. The molecular formula is C16H25FN2. The molecule has 0 saturated heterocycles. The normalized spacial score (nSPS) is 15.2. The van der Waals surface area contributed by atoms with Crippen molar-refractivity contribution in [2.45, 2.75) is 39.2 Å². The molecule has 0 bridgehead atoms. The molecule has 0 radical (unpaired) electrons. The van der Waals surface area contributed by atoms with Crippen molar-refractivity contribution in [1.29, 1.82) is 0 Å². The smallest absolute Gasteiger partial charge is 0.146 e. The number of benzene rings is 1. The second-order valence-corrected chi connectivity index (χ2v) is 5.86. The first-order valence-electron chi connectivity index (χ1n) is 7.39. The van der Waals surface area contributed by atoms with E-state index in [1.807, 2.05) is 6.07 Å². The number of rotatable bonds is 8. The molecule has 0 aromatic heterocycles. The van der Waals surface area contributed by atoms with Crippen LogP contribution in [0, 0.1) is 11.7 Å². The van der Waals surface area contributed by atoms with Crippen LogP contribution in [0.2, 0.25) is 0 Å². The molecular weight excluding hydrogens is 239 g/mol. The van der Waals surface area contributed by atoms with Crippen molar-refractivity contribution in [1.82, 2.24) is 4.90 Å². The van der Waals surface area contributed by atoms with Gasteiger partial charge in [-0.15, -0.1) is 0 Å². The van der Waals surface area contributed by atoms with E-state index in [1.54, 1.807) is 12.1 Å². The van der Waals surface area contributed by atoms with Crippen LogP contribution >= 0.6 is 0 Å². The van der Waals surface area contributed by atoms with E-state index in [1.165, 1.54) is 31.9 Å². The van der Waals surface area contributed by atoms with Crippen molar-refractivity contribution in [3.05, 3.63) is 30.1 Å². The minimum atomic E-state index is -0.164. The third-order valence-corrected chi connectivity index (χ3v) is 3.65. The zero-order valence-electron chi connectivity index (χ0n) is 12.0. The maximum absolute atomic E-state index is 13.5. The quantitative estimate of drug-likeness (QED) is 0.769. The van der Waals surface area contributed by atoms with Gasteiger partial charge < -0.3 is 5.32 Å². The maximum Gasteiger partial charge on any atom is 0.146 e. The molecule has 2 nitrogen and oxygen atoms in total. The summed E-state index contributed by atoms with van der Waals surface area (Å²) in [7, 11) is 0. The van der Waals surface area contributed by atoms with Crippen LogP contribution in [0.15, 0.2) is 24.3 Å². The lowest BCUT2D eigenvalue weighted by molar-refractivity contribution is 0.257. The lowest BCUT2D eigenvalue weighted by Gasteiger charge is -2.23. The Kier molecular flexibility index (Phi) is 5.20. The Morgan fingerprint density at radius 3 is 2.63 bits per heavy atom. The molecule has 0 heterocycles. The van der Waals surface area contributed by atoms with Crippen molar-refractivity contribution in [3.8, 4) is 0 Å². The largest absolute Gasteiger partial charge is 0.381 e. The van der Waals surface area contributed by atoms with Crippen molar-refractivity contribution in [2.24, 2.45) is 5.92 Å². The number of nitrogens with one attached hydrogen (secondary N) is 1. The summed E-state index contributed by atoms with van der Waals surface area (Å²) >= 11 is 0. The van der Waals surface area contributed by atoms with E-state index in [4.69, 9.17) is 0 Å². The molecule has 1 N–H and O–H groups in total. The van der Waals surface area contributed by atoms with Gasteiger partial charge in [0, 0.05) is 19.1 Å². The third-order valence-electron chi connectivity index (χ3n) is 3.65. The van der Waals surface area contributed by atoms with E-state index < -0.39 is 0 Å². The average molecular weight is 264 g/mol. The lowest BCUT2D eigenvalue weighted by Crippen LogP contribution is -2.32. The first kappa shape index (κ1) is 14.3. The fourth-order valence-electron chi connectivity index (χ4n) is 2.28. The Hall–Kier alpha value is -1.09. The highest BCUT2D eigenvalue weighted by Crippen LogP contribution is 2.27. The van der Waals surface area contributed by atoms with E-state index >= 15 is 0 Å². The average Bonchev–Trinajstić information content (AvgIpc) is 3.19. The van der Waals surface area contributed by atoms with Crippen molar-refractivity contribution >= 4 is 5.69 Å². The van der Waals surface area contributed by atoms with Crippen LogP contribution in [0.3, 0.4) is 0 Å². The molecule has 3 heteroatoms. The highest BCUT2D eigenvalue weighted by molar-refractivity contribution is 5.44. The molecule has 0 amide bonds. The van der Waals surface area contributed by atoms with Gasteiger partial charge in [0.25, 0.3) is 0 Å². The first-order valence-corrected chi connectivity index (χ1v) is 7.39. The van der Waals surface area contributed by atoms with E-state index in [0.717, 1.165) is 25.0 Å². The summed E-state index contributed by atoms with van der Waals surface area (Å²) in [5.41, 5.74) is 0.613. The molecule has 1 aliphatic rings. The molecule has 19 heavy (non-hydrogen) atoms. The predicted molar refractivity (Wildman–Crippen MR) is 78.9 cm³/mol. The number of halogens is 1. The predicted octanol–water partition coefficient (Wildman–Crippen LogP) is 3.75. The molecule has 106 valence electrons. The Morgan fingerprint density at radius 2 is 2.00 bits per heavy atom. The second kappa shape index (κ2) is 6.90. The number of nitrogens with zero attached hydrogens (tertiary/aromatic N) is 1. The SMILES string of the molecule is CC(C)CCN(CCNc1ccccc1F)C1CC1. The minimum Gasteiger partial charge on any atom is -0.381 e. The van der Waals surface area contributed by atoms with Crippen LogP contribution in [0.4, 0.5) is 10.1 Å². The van der Waals surface area contributed by atoms with Gasteiger partial charge in [-0.05, 0) is 43.9 Å². The molecule has 1 aromatic rings. The third kappa shape index (κ3) is 4.83. The van der Waals surface area contributed by atoms with Gasteiger partial charge in [-0.25, -0.2) is 4.39 Å². The van der Waals surface area contributed by atoms with Crippen molar-refractivity contribution < 1.29 is 4.39 Å². The summed E-state index contributed by atoms with van der Waals surface area (Å²) < 4.78 is 13.5. The van der Waals surface area contributed by atoms with Gasteiger partial charge in [-0.2, -0.15) is 0 Å². The Labute approximate surface area is 116 Å². The monoisotopic (exact) mass is 264 g/mol. The van der Waals surface area contributed by atoms with Gasteiger partial charge in [-0.3, -0.25) is 4.90 Å². The van der Waals surface area contributed by atoms with E-state index in [2.05, 4.69) is 24.1 Å². The standard InChI is InChI=1S/C16H25FN2/c1-13(2)9-11-19(14-7-8-14)12-10-18-16-6-4-3-5-15(16)17/h3-6,13-14,18H,7-12H2,1-2H3. The van der Waals surface area contributed by atoms with E-state index in [0.29, 0.717) is 5.69 Å². The first-order chi connectivity index (χ1) is 9.16. The van der Waals surface area contributed by atoms with Gasteiger partial charge in [0.05, 0.1) is 5.69 Å². The molecule has 0 unspecified atom stereocenters. The fourth-order valence-corrected chi connectivity index (χ4v) is 2.28. The molecule has 0 spiro atoms. The molecule has 2 rings (SSSR count). The molecule has 1 aliphatic carbocycles. The number of anilines is 1. The highest BCUT2D eigenvalue weighted by atomic mass is 19.1. The summed E-state index contributed by atoms with van der Waals surface area (Å²) in [5, 5.41) is 3.20. The molecule has 1 aromatic carbocycles. The molecule has 0 aliphatic heterocycles. The Morgan fingerprint density at radius 1 is 1.26 bits per heavy atom. The van der Waals surface area contributed by atoms with Crippen molar-refractivity contribution in [3.63, 3.8) is 0 Å². The fraction of sp³-hybridized carbons (Fsp3) is 0.625. The van der Waals surface area contributed by atoms with Gasteiger partial charge in [0.1, 0.15) is 5.82 Å². The number of para-hydroxylation sites is 1. The van der Waals surface area contributed by atoms with Gasteiger partial charge in [0.15, 0.2) is 0 Å². The van der Waals surface area contributed by atoms with Gasteiger partial charge in [-0.1, -0.05) is 26.0 Å². The van der Waals surface area contributed by atoms with Gasteiger partial charge >= 0.3 is 0 Å². The van der Waals surface area contributed by atoms with Crippen LogP contribution in [0.1, 0.15) is 33.1 Å². The van der Waals surface area contributed by atoms with Crippen LogP contribution in [0.5, 0.6) is 0 Å². The Balaban J connectivity index is 1.74. The second-order valence-electron chi connectivity index (χ2n) is 5.86. The van der Waals surface area contributed by atoms with Crippen LogP contribution in [-0.2, 0) is 0 Å². The minimum absolute atomic E-state index is 0.164. The van der Waals surface area contributed by atoms with E-state index in [9.17, 15) is 4.39 Å². The van der Waals surface area contributed by atoms with E-state index in [-0.39, 0.29) is 5.82 Å². The lowest BCUT2D eigenvalue weighted by atomic mass is 10.1. The van der Waals surface area contributed by atoms with Crippen LogP contribution < -0.4 is 5.32 Å². The molecule has 1 fully saturated rings. The molecule has 1 saturated carbocycles. The zero-order chi connectivity index (χ0) is 13.7. The molecule has 0 atom stereocenters. The topological polar surface area (TPSA) is 15.3 Å². The number of hydrogen-bond donors (Lipinski definition) is 1. The summed E-state index contributed by atoms with van der Waals surface area (Å²) in [5.74, 6) is 0.587. The summed E-state index contributed by atoms with van der Waals surface area (Å²) in [6.45, 7) is 7.52.